The second-order valence-corrected chi connectivity index (χ2v) is 29.3. The van der Waals surface area contributed by atoms with Gasteiger partial charge in [0, 0.05) is 146 Å². The molecule has 0 aromatic carbocycles. The molecule has 122 heavy (non-hydrogen) atoms. The number of aliphatic hydroxyl groups is 4. The third-order valence-corrected chi connectivity index (χ3v) is 19.8. The Morgan fingerprint density at radius 3 is 1.05 bits per heavy atom. The zero-order chi connectivity index (χ0) is 85.8. The fourth-order valence-corrected chi connectivity index (χ4v) is 13.4. The van der Waals surface area contributed by atoms with Crippen LogP contribution < -0.4 is 42.5 Å². The molecule has 0 fully saturated rings. The maximum Gasteiger partial charge on any atom is 0.274 e. The van der Waals surface area contributed by atoms with Crippen LogP contribution >= 0.6 is 0 Å². The summed E-state index contributed by atoms with van der Waals surface area (Å²) in [6.07, 6.45) is 29.6. The quantitative estimate of drug-likeness (QED) is 0.0848. The Labute approximate surface area is 698 Å². The molecule has 4 aliphatic heterocycles. The van der Waals surface area contributed by atoms with Crippen molar-refractivity contribution in [2.24, 2.45) is 28.2 Å². The van der Waals surface area contributed by atoms with Crippen molar-refractivity contribution in [3.63, 3.8) is 0 Å². The Morgan fingerprint density at radius 2 is 0.623 bits per heavy atom. The van der Waals surface area contributed by atoms with E-state index in [4.69, 9.17) is 0 Å². The largest absolute Gasteiger partial charge is 0.390 e. The summed E-state index contributed by atoms with van der Waals surface area (Å²) in [5.74, 6) is -3.33. The first-order valence-electron chi connectivity index (χ1n) is 39.9. The van der Waals surface area contributed by atoms with Gasteiger partial charge in [-0.2, -0.15) is 40.8 Å². The van der Waals surface area contributed by atoms with Gasteiger partial charge in [-0.15, -0.1) is 0 Å². The molecule has 12 aromatic heterocycles. The van der Waals surface area contributed by atoms with Gasteiger partial charge in [0.1, 0.15) is 22.8 Å². The summed E-state index contributed by atoms with van der Waals surface area (Å²) in [5.41, 5.74) is 8.07. The number of nitrogens with zero attached hydrogens (tertiary/aromatic N) is 20. The number of rotatable bonds is 0. The van der Waals surface area contributed by atoms with Gasteiger partial charge in [0.15, 0.2) is 22.8 Å². The summed E-state index contributed by atoms with van der Waals surface area (Å²) in [6.45, 7) is 3.62. The van der Waals surface area contributed by atoms with Gasteiger partial charge in [-0.1, -0.05) is 55.7 Å². The Kier molecular flexibility index (Phi) is 28.3. The average molecular weight is 1660 g/mol. The highest BCUT2D eigenvalue weighted by atomic mass is 16.3. The molecule has 0 spiro atoms. The first-order chi connectivity index (χ1) is 59.0. The van der Waals surface area contributed by atoms with E-state index in [1.807, 2.05) is 33.9 Å². The van der Waals surface area contributed by atoms with Crippen molar-refractivity contribution in [3.05, 3.63) is 205 Å². The number of pyridine rings is 4. The molecule has 16 bridgehead atoms. The molecule has 4 unspecified atom stereocenters. The highest BCUT2D eigenvalue weighted by molar-refractivity contribution is 6.10. The van der Waals surface area contributed by atoms with E-state index in [-0.39, 0.29) is 101 Å². The predicted octanol–water partition coefficient (Wildman–Crippen LogP) is 5.38. The Balaban J connectivity index is 0.000000140. The fraction of sp³-hybridized carbons (Fsp3) is 0.341. The number of aliphatic hydroxyl groups excluding tert-OH is 4. The number of allylic oxidation sites excluding steroid dienone is 1. The Morgan fingerprint density at radius 1 is 0.303 bits per heavy atom. The molecule has 0 radical (unpaired) electrons. The monoisotopic (exact) mass is 1660 g/mol. The molecule has 40 nitrogen and oxygen atoms in total. The topological polar surface area (TPSA) is 508 Å². The van der Waals surface area contributed by atoms with Crippen LogP contribution in [0, 0.1) is 0 Å². The number of aromatic nitrogens is 20. The normalized spacial score (nSPS) is 18.2. The zero-order valence-corrected chi connectivity index (χ0v) is 67.5. The highest BCUT2D eigenvalue weighted by Gasteiger charge is 2.27. The average Bonchev–Trinajstić information content (AvgIpc) is 1.68. The lowest BCUT2D eigenvalue weighted by molar-refractivity contribution is 0.00206. The summed E-state index contributed by atoms with van der Waals surface area (Å²) in [6, 6.07) is 20.6. The number of carbonyl (C=O) groups is 8. The Hall–Kier alpha value is -14.4. The van der Waals surface area contributed by atoms with Crippen molar-refractivity contribution in [2.45, 2.75) is 128 Å². The summed E-state index contributed by atoms with van der Waals surface area (Å²) in [5, 5.41) is 96.9. The van der Waals surface area contributed by atoms with Gasteiger partial charge in [-0.3, -0.25) is 75.8 Å². The van der Waals surface area contributed by atoms with Crippen molar-refractivity contribution in [3.8, 4) is 45.0 Å². The second-order valence-electron chi connectivity index (χ2n) is 29.3. The number of hydrogen-bond donors (Lipinski definition) is 12. The molecule has 0 aliphatic carbocycles. The first-order valence-corrected chi connectivity index (χ1v) is 39.9. The molecular formula is C82H94N28O12. The van der Waals surface area contributed by atoms with Gasteiger partial charge in [0.05, 0.1) is 101 Å². The minimum atomic E-state index is -1.02. The van der Waals surface area contributed by atoms with Crippen LogP contribution in [0.25, 0.3) is 45.0 Å². The third kappa shape index (κ3) is 22.7. The first kappa shape index (κ1) is 85.5. The van der Waals surface area contributed by atoms with Crippen LogP contribution in [0.2, 0.25) is 0 Å². The number of anilines is 4. The fourth-order valence-electron chi connectivity index (χ4n) is 13.4. The van der Waals surface area contributed by atoms with Crippen LogP contribution in [0.1, 0.15) is 161 Å². The Bertz CT molecular complexity index is 5740. The molecular weight excluding hydrogens is 1570 g/mol. The van der Waals surface area contributed by atoms with Crippen LogP contribution in [0.3, 0.4) is 0 Å². The van der Waals surface area contributed by atoms with E-state index in [1.165, 1.54) is 29.6 Å². The van der Waals surface area contributed by atoms with Crippen LogP contribution in [0.4, 0.5) is 22.7 Å². The molecule has 16 heterocycles. The molecule has 12 aromatic rings. The van der Waals surface area contributed by atoms with E-state index in [0.717, 1.165) is 75.6 Å². The van der Waals surface area contributed by atoms with E-state index >= 15 is 0 Å². The van der Waals surface area contributed by atoms with E-state index in [0.29, 0.717) is 77.8 Å². The SMILES string of the molecule is Cn1cc2c(n1)C(=O)NCC/C=C/CCCn1cc(cn1)-c1cccc(n1)C(=O)N2.Cn1cc2c(n1)C(=O)NCCC(O)C(O)CCn1cc(cn1)-c1cccc(n1)C(=O)N2.Cn1cc2c(n1)C(=O)NCCCC(O)C(O)Cn1cc(cn1)-c1cccc(n1)C(=O)N2.Cn1cc2c(n1)C(=O)NCCCCCCCn1cc(cn1)-c1cccc(n1)C(=O)N2. The molecule has 4 atom stereocenters. The molecule has 12 N–H and O–H groups in total. The van der Waals surface area contributed by atoms with Crippen LogP contribution in [0.5, 0.6) is 0 Å². The van der Waals surface area contributed by atoms with Crippen LogP contribution in [0.15, 0.2) is 159 Å². The molecule has 0 saturated heterocycles. The summed E-state index contributed by atoms with van der Waals surface area (Å²) >= 11 is 0. The molecule has 8 amide bonds. The van der Waals surface area contributed by atoms with E-state index in [2.05, 4.69) is 115 Å². The predicted molar refractivity (Wildman–Crippen MR) is 444 cm³/mol. The van der Waals surface area contributed by atoms with Gasteiger partial charge in [-0.25, -0.2) is 19.9 Å². The van der Waals surface area contributed by atoms with Crippen molar-refractivity contribution in [2.75, 3.05) is 47.4 Å². The number of nitrogens with one attached hydrogen (secondary N) is 8. The van der Waals surface area contributed by atoms with E-state index < -0.39 is 59.9 Å². The summed E-state index contributed by atoms with van der Waals surface area (Å²) < 4.78 is 12.8. The smallest absolute Gasteiger partial charge is 0.274 e. The standard InChI is InChI=1S/C21H25N7O2.C21H23N7O2.2C20H23N7O4/c2*1-27-14-18-19(26-27)21(30)22-10-5-3-2-4-6-11-28-13-15(12-23-28)16-8-7-9-17(24-16)20(29)25-18;1-26-10-15-18(25-26)20(31)21-7-3-6-16(28)17(29)11-27-9-12(8-22-27)13-4-2-5-14(23-13)19(30)24-15;1-26-11-15-18(25-26)20(31)21-7-5-16(28)17(29)6-8-27-10-12(9-22-27)13-3-2-4-14(23-13)19(30)24-15/h7-9,12-14H,2-6,10-11H2,1H3,(H,22,30)(H,25,29);2-3,7-9,12-14H,4-6,10-11H2,1H3,(H,22,30)(H,25,29);2,4-5,8-10,16-17,28-29H,3,6-7,11H2,1H3,(H,21,31)(H,24,30);2-4,9-11,16-17,28-29H,5-8H2,1H3,(H,21,31)(H,24,30)/b;3-2+;;. The summed E-state index contributed by atoms with van der Waals surface area (Å²) in [4.78, 5) is 119. The number of amides is 8. The van der Waals surface area contributed by atoms with Gasteiger partial charge in [0.25, 0.3) is 47.3 Å². The van der Waals surface area contributed by atoms with Crippen LogP contribution in [-0.2, 0) is 54.4 Å². The lowest BCUT2D eigenvalue weighted by atomic mass is 10.1. The lowest BCUT2D eigenvalue weighted by Crippen LogP contribution is -2.33. The molecule has 40 heteroatoms. The van der Waals surface area contributed by atoms with Gasteiger partial charge < -0.3 is 63.0 Å². The summed E-state index contributed by atoms with van der Waals surface area (Å²) in [7, 11) is 6.69. The van der Waals surface area contributed by atoms with Gasteiger partial charge >= 0.3 is 0 Å². The second kappa shape index (κ2) is 40.4. The molecule has 4 aliphatic rings. The molecule has 16 rings (SSSR count). The van der Waals surface area contributed by atoms with Crippen molar-refractivity contribution >= 4 is 70.0 Å². The minimum absolute atomic E-state index is 0.0458. The van der Waals surface area contributed by atoms with Crippen molar-refractivity contribution in [1.82, 2.24) is 119 Å². The van der Waals surface area contributed by atoms with E-state index in [9.17, 15) is 58.8 Å². The van der Waals surface area contributed by atoms with Gasteiger partial charge in [0.2, 0.25) is 0 Å². The van der Waals surface area contributed by atoms with E-state index in [1.54, 1.807) is 149 Å². The number of carbonyl (C=O) groups excluding carboxylic acids is 8. The zero-order valence-electron chi connectivity index (χ0n) is 67.5. The highest BCUT2D eigenvalue weighted by Crippen LogP contribution is 2.26. The third-order valence-electron chi connectivity index (χ3n) is 19.8. The molecule has 634 valence electrons. The number of hydrogen-bond acceptors (Lipinski definition) is 24. The van der Waals surface area contributed by atoms with Crippen molar-refractivity contribution < 1.29 is 58.8 Å². The maximum absolute atomic E-state index is 12.8. The van der Waals surface area contributed by atoms with Gasteiger partial charge in [-0.05, 0) is 106 Å². The lowest BCUT2D eigenvalue weighted by Gasteiger charge is -2.18. The number of aryl methyl sites for hydroxylation is 7. The van der Waals surface area contributed by atoms with Crippen LogP contribution in [-0.4, -0.2) is 216 Å². The minimum Gasteiger partial charge on any atom is -0.390 e. The van der Waals surface area contributed by atoms with Crippen molar-refractivity contribution in [1.29, 1.82) is 0 Å². The maximum atomic E-state index is 12.8. The number of fused-ring (bicyclic) bond motifs is 24. The molecule has 0 saturated carbocycles.